The zero-order chi connectivity index (χ0) is 17.5. The van der Waals surface area contributed by atoms with Crippen molar-refractivity contribution in [1.29, 1.82) is 0 Å². The molecule has 1 amide bonds. The third-order valence-electron chi connectivity index (χ3n) is 3.51. The summed E-state index contributed by atoms with van der Waals surface area (Å²) in [6, 6.07) is 15.5. The van der Waals surface area contributed by atoms with Gasteiger partial charge in [-0.2, -0.15) is 0 Å². The van der Waals surface area contributed by atoms with Gasteiger partial charge < -0.3 is 10.1 Å². The lowest BCUT2D eigenvalue weighted by molar-refractivity contribution is -0.113. The first-order valence-corrected chi connectivity index (χ1v) is 10.1. The third-order valence-corrected chi connectivity index (χ3v) is 5.69. The first-order valence-electron chi connectivity index (χ1n) is 8.25. The Morgan fingerprint density at radius 2 is 2.00 bits per heavy atom. The lowest BCUT2D eigenvalue weighted by Crippen LogP contribution is -2.13. The van der Waals surface area contributed by atoms with E-state index in [1.807, 2.05) is 48.5 Å². The van der Waals surface area contributed by atoms with Crippen LogP contribution in [0.3, 0.4) is 0 Å². The van der Waals surface area contributed by atoms with E-state index < -0.39 is 0 Å². The van der Waals surface area contributed by atoms with Gasteiger partial charge in [-0.25, -0.2) is 4.98 Å². The fraction of sp³-hybridized carbons (Fsp3) is 0.263. The van der Waals surface area contributed by atoms with Crippen LogP contribution < -0.4 is 10.1 Å². The summed E-state index contributed by atoms with van der Waals surface area (Å²) >= 11 is 3.07. The van der Waals surface area contributed by atoms with Crippen molar-refractivity contribution in [1.82, 2.24) is 4.98 Å². The number of thiazole rings is 1. The van der Waals surface area contributed by atoms with Crippen LogP contribution in [0.25, 0.3) is 10.2 Å². The summed E-state index contributed by atoms with van der Waals surface area (Å²) < 4.78 is 7.67. The van der Waals surface area contributed by atoms with Crippen LogP contribution in [0.4, 0.5) is 5.69 Å². The van der Waals surface area contributed by atoms with Gasteiger partial charge >= 0.3 is 0 Å². The summed E-state index contributed by atoms with van der Waals surface area (Å²) in [7, 11) is 0. The van der Waals surface area contributed by atoms with Crippen LogP contribution in [0.5, 0.6) is 5.75 Å². The van der Waals surface area contributed by atoms with Crippen LogP contribution in [-0.2, 0) is 4.79 Å². The number of hydrogen-bond acceptors (Lipinski definition) is 5. The Balaban J connectivity index is 1.48. The Hall–Kier alpha value is -2.05. The Morgan fingerprint density at radius 1 is 1.20 bits per heavy atom. The number of nitrogens with one attached hydrogen (secondary N) is 1. The van der Waals surface area contributed by atoms with Crippen molar-refractivity contribution >= 4 is 44.9 Å². The smallest absolute Gasteiger partial charge is 0.234 e. The van der Waals surface area contributed by atoms with E-state index in [1.165, 1.54) is 11.8 Å². The van der Waals surface area contributed by atoms with Gasteiger partial charge in [-0.3, -0.25) is 4.79 Å². The minimum Gasteiger partial charge on any atom is -0.494 e. The minimum atomic E-state index is -0.0380. The highest BCUT2D eigenvalue weighted by atomic mass is 32.2. The molecule has 25 heavy (non-hydrogen) atoms. The summed E-state index contributed by atoms with van der Waals surface area (Å²) in [6.45, 7) is 2.86. The van der Waals surface area contributed by atoms with Gasteiger partial charge in [0.1, 0.15) is 5.75 Å². The van der Waals surface area contributed by atoms with E-state index >= 15 is 0 Å². The summed E-state index contributed by atoms with van der Waals surface area (Å²) in [5.41, 5.74) is 1.76. The van der Waals surface area contributed by atoms with E-state index in [-0.39, 0.29) is 5.91 Å². The van der Waals surface area contributed by atoms with Crippen LogP contribution in [0.1, 0.15) is 19.8 Å². The number of anilines is 1. The average molecular weight is 373 g/mol. The predicted octanol–water partition coefficient (Wildman–Crippen LogP) is 5.21. The number of rotatable bonds is 8. The SMILES string of the molecule is CCCCOc1ccc(NC(=O)CSc2nc3ccccc3s2)cc1. The topological polar surface area (TPSA) is 51.2 Å². The lowest BCUT2D eigenvalue weighted by Gasteiger charge is -2.07. The molecule has 0 fully saturated rings. The number of amides is 1. The molecule has 1 aromatic heterocycles. The predicted molar refractivity (Wildman–Crippen MR) is 106 cm³/mol. The fourth-order valence-electron chi connectivity index (χ4n) is 2.21. The molecule has 0 radical (unpaired) electrons. The van der Waals surface area contributed by atoms with Crippen molar-refractivity contribution in [3.63, 3.8) is 0 Å². The number of benzene rings is 2. The second kappa shape index (κ2) is 8.87. The standard InChI is InChI=1S/C19H20N2O2S2/c1-2-3-12-23-15-10-8-14(9-11-15)20-18(22)13-24-19-21-16-6-4-5-7-17(16)25-19/h4-11H,2-3,12-13H2,1H3,(H,20,22). The quantitative estimate of drug-likeness (QED) is 0.436. The number of ether oxygens (including phenoxy) is 1. The maximum atomic E-state index is 12.1. The summed E-state index contributed by atoms with van der Waals surface area (Å²) in [5, 5.41) is 2.90. The second-order valence-corrected chi connectivity index (χ2v) is 7.76. The Labute approximate surface area is 155 Å². The molecule has 0 atom stereocenters. The second-order valence-electron chi connectivity index (χ2n) is 5.51. The molecule has 0 saturated heterocycles. The van der Waals surface area contributed by atoms with E-state index in [0.717, 1.165) is 45.4 Å². The van der Waals surface area contributed by atoms with Gasteiger partial charge in [0, 0.05) is 5.69 Å². The molecule has 3 rings (SSSR count). The van der Waals surface area contributed by atoms with Gasteiger partial charge in [0.15, 0.2) is 4.34 Å². The zero-order valence-corrected chi connectivity index (χ0v) is 15.7. The zero-order valence-electron chi connectivity index (χ0n) is 14.0. The normalized spacial score (nSPS) is 10.8. The minimum absolute atomic E-state index is 0.0380. The van der Waals surface area contributed by atoms with Crippen molar-refractivity contribution in [3.8, 4) is 5.75 Å². The van der Waals surface area contributed by atoms with E-state index in [1.54, 1.807) is 11.3 Å². The Kier molecular flexibility index (Phi) is 6.30. The summed E-state index contributed by atoms with van der Waals surface area (Å²) in [4.78, 5) is 16.6. The Morgan fingerprint density at radius 3 is 2.76 bits per heavy atom. The molecule has 4 nitrogen and oxygen atoms in total. The number of thioether (sulfide) groups is 1. The molecule has 0 spiro atoms. The fourth-order valence-corrected chi connectivity index (χ4v) is 4.07. The molecule has 0 aliphatic heterocycles. The number of unbranched alkanes of at least 4 members (excludes halogenated alkanes) is 1. The number of fused-ring (bicyclic) bond motifs is 1. The molecular weight excluding hydrogens is 352 g/mol. The van der Waals surface area contributed by atoms with E-state index in [0.29, 0.717) is 5.75 Å². The number of para-hydroxylation sites is 1. The van der Waals surface area contributed by atoms with Gasteiger partial charge in [0.2, 0.25) is 5.91 Å². The monoisotopic (exact) mass is 372 g/mol. The number of carbonyl (C=O) groups is 1. The molecule has 3 aromatic rings. The van der Waals surface area contributed by atoms with Crippen molar-refractivity contribution in [2.45, 2.75) is 24.1 Å². The molecule has 1 heterocycles. The summed E-state index contributed by atoms with van der Waals surface area (Å²) in [5.74, 6) is 1.13. The van der Waals surface area contributed by atoms with E-state index in [4.69, 9.17) is 4.74 Å². The third kappa shape index (κ3) is 5.21. The molecule has 0 aliphatic rings. The highest BCUT2D eigenvalue weighted by Crippen LogP contribution is 2.29. The van der Waals surface area contributed by atoms with E-state index in [9.17, 15) is 4.79 Å². The van der Waals surface area contributed by atoms with E-state index in [2.05, 4.69) is 17.2 Å². The Bertz CT molecular complexity index is 798. The highest BCUT2D eigenvalue weighted by molar-refractivity contribution is 8.01. The number of aromatic nitrogens is 1. The van der Waals surface area contributed by atoms with Gasteiger partial charge in [-0.1, -0.05) is 37.2 Å². The molecule has 2 aromatic carbocycles. The maximum absolute atomic E-state index is 12.1. The molecule has 0 saturated carbocycles. The van der Waals surface area contributed by atoms with Gasteiger partial charge in [-0.05, 0) is 42.8 Å². The van der Waals surface area contributed by atoms with Crippen LogP contribution >= 0.6 is 23.1 Å². The molecule has 1 N–H and O–H groups in total. The van der Waals surface area contributed by atoms with Crippen molar-refractivity contribution in [2.75, 3.05) is 17.7 Å². The van der Waals surface area contributed by atoms with Crippen LogP contribution in [0, 0.1) is 0 Å². The summed E-state index contributed by atoms with van der Waals surface area (Å²) in [6.07, 6.45) is 2.15. The van der Waals surface area contributed by atoms with Crippen LogP contribution in [0.2, 0.25) is 0 Å². The number of nitrogens with zero attached hydrogens (tertiary/aromatic N) is 1. The molecule has 0 aliphatic carbocycles. The molecular formula is C19H20N2O2S2. The molecule has 6 heteroatoms. The number of carbonyl (C=O) groups excluding carboxylic acids is 1. The van der Waals surface area contributed by atoms with Crippen LogP contribution in [-0.4, -0.2) is 23.3 Å². The van der Waals surface area contributed by atoms with Gasteiger partial charge in [0.05, 0.1) is 22.6 Å². The van der Waals surface area contributed by atoms with Crippen molar-refractivity contribution in [2.24, 2.45) is 0 Å². The van der Waals surface area contributed by atoms with Crippen LogP contribution in [0.15, 0.2) is 52.9 Å². The first-order chi connectivity index (χ1) is 12.2. The lowest BCUT2D eigenvalue weighted by atomic mass is 10.3. The highest BCUT2D eigenvalue weighted by Gasteiger charge is 2.08. The van der Waals surface area contributed by atoms with Gasteiger partial charge in [-0.15, -0.1) is 11.3 Å². The number of hydrogen-bond donors (Lipinski definition) is 1. The maximum Gasteiger partial charge on any atom is 0.234 e. The first kappa shape index (κ1) is 17.8. The molecule has 130 valence electrons. The molecule has 0 unspecified atom stereocenters. The van der Waals surface area contributed by atoms with Crippen molar-refractivity contribution in [3.05, 3.63) is 48.5 Å². The van der Waals surface area contributed by atoms with Gasteiger partial charge in [0.25, 0.3) is 0 Å². The molecule has 0 bridgehead atoms. The van der Waals surface area contributed by atoms with Crippen molar-refractivity contribution < 1.29 is 9.53 Å². The largest absolute Gasteiger partial charge is 0.494 e. The average Bonchev–Trinajstić information content (AvgIpc) is 3.05.